The van der Waals surface area contributed by atoms with Crippen LogP contribution in [0.25, 0.3) is 21.9 Å². The zero-order valence-electron chi connectivity index (χ0n) is 21.7. The lowest BCUT2D eigenvalue weighted by Crippen LogP contribution is -2.25. The Labute approximate surface area is 217 Å². The number of likely N-dealkylation sites (N-methyl/N-ethyl adjacent to an activating group) is 1. The van der Waals surface area contributed by atoms with Crippen molar-refractivity contribution in [2.24, 2.45) is 0 Å². The minimum absolute atomic E-state index is 0.0235. The van der Waals surface area contributed by atoms with Gasteiger partial charge in [-0.25, -0.2) is 0 Å². The molecule has 0 atom stereocenters. The normalized spacial score (nSPS) is 13.2. The van der Waals surface area contributed by atoms with E-state index in [0.717, 1.165) is 52.8 Å². The van der Waals surface area contributed by atoms with E-state index < -0.39 is 0 Å². The first-order chi connectivity index (χ1) is 17.9. The van der Waals surface area contributed by atoms with Gasteiger partial charge in [-0.3, -0.25) is 9.59 Å². The molecule has 1 N–H and O–H groups in total. The number of nitrogens with one attached hydrogen (secondary N) is 1. The highest BCUT2D eigenvalue weighted by Crippen LogP contribution is 2.28. The lowest BCUT2D eigenvalue weighted by atomic mass is 9.96. The smallest absolute Gasteiger partial charge is 0.258 e. The summed E-state index contributed by atoms with van der Waals surface area (Å²) in [6.07, 6.45) is 3.97. The molecule has 1 heterocycles. The minimum atomic E-state index is -0.0272. The maximum Gasteiger partial charge on any atom is 0.258 e. The Morgan fingerprint density at radius 1 is 1.03 bits per heavy atom. The highest BCUT2D eigenvalue weighted by molar-refractivity contribution is 5.96. The van der Waals surface area contributed by atoms with Crippen molar-refractivity contribution >= 4 is 16.7 Å². The van der Waals surface area contributed by atoms with E-state index >= 15 is 0 Å². The van der Waals surface area contributed by atoms with Crippen LogP contribution in [0.5, 0.6) is 5.75 Å². The summed E-state index contributed by atoms with van der Waals surface area (Å²) in [5.74, 6) is 0.800. The quantitative estimate of drug-likeness (QED) is 0.360. The van der Waals surface area contributed by atoms with E-state index in [0.29, 0.717) is 30.1 Å². The van der Waals surface area contributed by atoms with Crippen molar-refractivity contribution in [3.05, 3.63) is 100.0 Å². The second-order valence-corrected chi connectivity index (χ2v) is 10.1. The number of aromatic nitrogens is 1. The van der Waals surface area contributed by atoms with Gasteiger partial charge in [0.25, 0.3) is 11.5 Å². The number of amides is 1. The molecule has 1 saturated carbocycles. The van der Waals surface area contributed by atoms with Gasteiger partial charge in [0.05, 0.1) is 6.54 Å². The van der Waals surface area contributed by atoms with Crippen molar-refractivity contribution in [2.75, 3.05) is 27.2 Å². The van der Waals surface area contributed by atoms with Crippen molar-refractivity contribution in [1.29, 1.82) is 0 Å². The monoisotopic (exact) mass is 495 g/mol. The summed E-state index contributed by atoms with van der Waals surface area (Å²) in [5.41, 5.74) is 4.76. The van der Waals surface area contributed by atoms with Gasteiger partial charge in [0.2, 0.25) is 0 Å². The number of ether oxygens (including phenoxy) is 1. The molecule has 1 amide bonds. The summed E-state index contributed by atoms with van der Waals surface area (Å²) in [6, 6.07) is 21.9. The standard InChI is InChI=1S/C31H33N3O3/c1-21-4-7-25(30(35)32-26-9-10-26)19-29(21)23-8-13-28-24(18-23)14-15-34(31(28)36)20-22-5-11-27(12-6-22)37-17-16-33(2)3/h4-8,11-15,18-19,26H,9-10,16-17,20H2,1-3H3,(H,32,35). The Kier molecular flexibility index (Phi) is 7.10. The van der Waals surface area contributed by atoms with Crippen molar-refractivity contribution in [3.63, 3.8) is 0 Å². The summed E-state index contributed by atoms with van der Waals surface area (Å²) in [6.45, 7) is 4.02. The zero-order valence-corrected chi connectivity index (χ0v) is 21.7. The molecule has 0 saturated heterocycles. The number of nitrogens with zero attached hydrogens (tertiary/aromatic N) is 2. The molecule has 1 aliphatic carbocycles. The van der Waals surface area contributed by atoms with Crippen molar-refractivity contribution in [3.8, 4) is 16.9 Å². The highest BCUT2D eigenvalue weighted by atomic mass is 16.5. The molecule has 190 valence electrons. The number of pyridine rings is 1. The lowest BCUT2D eigenvalue weighted by molar-refractivity contribution is 0.0951. The highest BCUT2D eigenvalue weighted by Gasteiger charge is 2.24. The van der Waals surface area contributed by atoms with Crippen LogP contribution in [0.15, 0.2) is 77.7 Å². The van der Waals surface area contributed by atoms with Crippen LogP contribution < -0.4 is 15.6 Å². The Bertz CT molecular complexity index is 1480. The number of aryl methyl sites for hydroxylation is 1. The van der Waals surface area contributed by atoms with Crippen LogP contribution in [0.2, 0.25) is 0 Å². The molecule has 0 spiro atoms. The largest absolute Gasteiger partial charge is 0.492 e. The number of hydrogen-bond acceptors (Lipinski definition) is 4. The van der Waals surface area contributed by atoms with Gasteiger partial charge in [0, 0.05) is 29.7 Å². The zero-order chi connectivity index (χ0) is 25.9. The van der Waals surface area contributed by atoms with E-state index in [1.54, 1.807) is 4.57 Å². The number of hydrogen-bond donors (Lipinski definition) is 1. The average Bonchev–Trinajstić information content (AvgIpc) is 3.70. The number of rotatable bonds is 9. The van der Waals surface area contributed by atoms with Crippen LogP contribution in [-0.4, -0.2) is 48.7 Å². The maximum atomic E-state index is 13.3. The molecule has 1 fully saturated rings. The van der Waals surface area contributed by atoms with E-state index in [9.17, 15) is 9.59 Å². The maximum absolute atomic E-state index is 13.3. The molecule has 6 heteroatoms. The first-order valence-electron chi connectivity index (χ1n) is 12.8. The fourth-order valence-electron chi connectivity index (χ4n) is 4.38. The molecule has 4 aromatic rings. The van der Waals surface area contributed by atoms with Crippen molar-refractivity contribution in [2.45, 2.75) is 32.4 Å². The van der Waals surface area contributed by atoms with Gasteiger partial charge >= 0.3 is 0 Å². The third kappa shape index (κ3) is 5.92. The Balaban J connectivity index is 1.35. The molecule has 0 unspecified atom stereocenters. The predicted octanol–water partition coefficient (Wildman–Crippen LogP) is 4.86. The minimum Gasteiger partial charge on any atom is -0.492 e. The van der Waals surface area contributed by atoms with Gasteiger partial charge in [-0.1, -0.05) is 24.3 Å². The summed E-state index contributed by atoms with van der Waals surface area (Å²) < 4.78 is 7.50. The van der Waals surface area contributed by atoms with Crippen molar-refractivity contribution in [1.82, 2.24) is 14.8 Å². The molecule has 3 aromatic carbocycles. The fraction of sp³-hybridized carbons (Fsp3) is 0.290. The average molecular weight is 496 g/mol. The number of carbonyl (C=O) groups excluding carboxylic acids is 1. The van der Waals surface area contributed by atoms with E-state index in [1.165, 1.54) is 0 Å². The van der Waals surface area contributed by atoms with Crippen LogP contribution in [0, 0.1) is 6.92 Å². The molecular formula is C31H33N3O3. The molecular weight excluding hydrogens is 462 g/mol. The molecule has 0 aliphatic heterocycles. The van der Waals surface area contributed by atoms with E-state index in [-0.39, 0.29) is 11.5 Å². The van der Waals surface area contributed by atoms with Crippen LogP contribution in [0.1, 0.15) is 34.3 Å². The third-order valence-corrected chi connectivity index (χ3v) is 6.78. The molecule has 0 radical (unpaired) electrons. The van der Waals surface area contributed by atoms with Gasteiger partial charge in [0.1, 0.15) is 12.4 Å². The summed E-state index contributed by atoms with van der Waals surface area (Å²) in [4.78, 5) is 27.9. The number of carbonyl (C=O) groups is 1. The van der Waals surface area contributed by atoms with E-state index in [2.05, 4.69) is 10.2 Å². The van der Waals surface area contributed by atoms with Crippen molar-refractivity contribution < 1.29 is 9.53 Å². The summed E-state index contributed by atoms with van der Waals surface area (Å²) in [7, 11) is 4.04. The van der Waals surface area contributed by atoms with Crippen LogP contribution >= 0.6 is 0 Å². The van der Waals surface area contributed by atoms with E-state index in [1.807, 2.05) is 93.9 Å². The van der Waals surface area contributed by atoms with E-state index in [4.69, 9.17) is 4.74 Å². The molecule has 6 nitrogen and oxygen atoms in total. The Morgan fingerprint density at radius 3 is 2.54 bits per heavy atom. The predicted molar refractivity (Wildman–Crippen MR) is 148 cm³/mol. The lowest BCUT2D eigenvalue weighted by Gasteiger charge is -2.13. The van der Waals surface area contributed by atoms with Gasteiger partial charge in [0.15, 0.2) is 0 Å². The second kappa shape index (κ2) is 10.6. The second-order valence-electron chi connectivity index (χ2n) is 10.1. The van der Waals surface area contributed by atoms with Gasteiger partial charge in [-0.2, -0.15) is 0 Å². The Morgan fingerprint density at radius 2 is 1.81 bits per heavy atom. The Hall–Kier alpha value is -3.90. The molecule has 1 aliphatic rings. The SMILES string of the molecule is Cc1ccc(C(=O)NC2CC2)cc1-c1ccc2c(=O)n(Cc3ccc(OCCN(C)C)cc3)ccc2c1. The van der Waals surface area contributed by atoms with Crippen LogP contribution in [0.4, 0.5) is 0 Å². The third-order valence-electron chi connectivity index (χ3n) is 6.78. The first-order valence-corrected chi connectivity index (χ1v) is 12.8. The molecule has 37 heavy (non-hydrogen) atoms. The van der Waals surface area contributed by atoms with Crippen LogP contribution in [0.3, 0.4) is 0 Å². The fourth-order valence-corrected chi connectivity index (χ4v) is 4.38. The first kappa shape index (κ1) is 24.8. The van der Waals surface area contributed by atoms with Gasteiger partial charge < -0.3 is 19.5 Å². The van der Waals surface area contributed by atoms with Gasteiger partial charge in [-0.15, -0.1) is 0 Å². The molecule has 1 aromatic heterocycles. The summed E-state index contributed by atoms with van der Waals surface area (Å²) in [5, 5.41) is 4.62. The topological polar surface area (TPSA) is 63.6 Å². The number of benzene rings is 3. The molecule has 5 rings (SSSR count). The van der Waals surface area contributed by atoms with Crippen LogP contribution in [-0.2, 0) is 6.54 Å². The van der Waals surface area contributed by atoms with Gasteiger partial charge in [-0.05, 0) is 104 Å². The number of fused-ring (bicyclic) bond motifs is 1. The summed E-state index contributed by atoms with van der Waals surface area (Å²) >= 11 is 0. The molecule has 0 bridgehead atoms.